The number of piperidine rings is 1. The third-order valence-electron chi connectivity index (χ3n) is 5.27. The monoisotopic (exact) mass is 469 g/mol. The van der Waals surface area contributed by atoms with E-state index < -0.39 is 26.9 Å². The van der Waals surface area contributed by atoms with Gasteiger partial charge in [0.25, 0.3) is 0 Å². The molecule has 2 heterocycles. The van der Waals surface area contributed by atoms with Crippen molar-refractivity contribution < 1.29 is 22.0 Å². The summed E-state index contributed by atoms with van der Waals surface area (Å²) < 4.78 is 52.8. The first-order chi connectivity index (χ1) is 14.6. The van der Waals surface area contributed by atoms with Crippen LogP contribution < -0.4 is 5.32 Å². The van der Waals surface area contributed by atoms with Crippen molar-refractivity contribution in [3.63, 3.8) is 0 Å². The van der Waals surface area contributed by atoms with Crippen molar-refractivity contribution in [2.75, 3.05) is 25.5 Å². The summed E-state index contributed by atoms with van der Waals surface area (Å²) in [6.45, 7) is 4.04. The van der Waals surface area contributed by atoms with Gasteiger partial charge in [-0.3, -0.25) is 0 Å². The Kier molecular flexibility index (Phi) is 8.24. The van der Waals surface area contributed by atoms with Gasteiger partial charge in [0.15, 0.2) is 5.82 Å². The van der Waals surface area contributed by atoms with E-state index in [4.69, 9.17) is 0 Å². The molecule has 1 saturated heterocycles. The van der Waals surface area contributed by atoms with Crippen molar-refractivity contribution in [3.8, 4) is 11.4 Å². The van der Waals surface area contributed by atoms with Gasteiger partial charge in [0.2, 0.25) is 10.0 Å². The summed E-state index contributed by atoms with van der Waals surface area (Å²) >= 11 is 0. The van der Waals surface area contributed by atoms with Gasteiger partial charge < -0.3 is 10.2 Å². The summed E-state index contributed by atoms with van der Waals surface area (Å²) in [6.07, 6.45) is 3.79. The van der Waals surface area contributed by atoms with E-state index in [1.54, 1.807) is 20.9 Å². The molecule has 2 amide bonds. The number of benzene rings is 1. The van der Waals surface area contributed by atoms with Gasteiger partial charge in [-0.2, -0.15) is 0 Å². The van der Waals surface area contributed by atoms with Crippen molar-refractivity contribution in [3.05, 3.63) is 42.2 Å². The van der Waals surface area contributed by atoms with Crippen LogP contribution in [0.5, 0.6) is 0 Å². The molecule has 1 aliphatic heterocycles. The molecule has 0 saturated carbocycles. The first-order valence-electron chi connectivity index (χ1n) is 9.89. The Labute approximate surface area is 187 Å². The SMILES string of the molecule is C.CC(C)S(=O)(=O)N1CCC(N(C)C(=O)Nc2cnc(-c3cc(F)cc(F)c3)nc2)CC1. The molecule has 32 heavy (non-hydrogen) atoms. The van der Waals surface area contributed by atoms with Crippen molar-refractivity contribution in [2.45, 2.75) is 45.4 Å². The second kappa shape index (κ2) is 10.3. The van der Waals surface area contributed by atoms with Gasteiger partial charge in [0.1, 0.15) is 11.6 Å². The Bertz CT molecular complexity index is 1020. The Hall–Kier alpha value is -2.66. The van der Waals surface area contributed by atoms with Crippen molar-refractivity contribution in [1.29, 1.82) is 0 Å². The average molecular weight is 470 g/mol. The number of hydrogen-bond donors (Lipinski definition) is 1. The number of sulfonamides is 1. The Balaban J connectivity index is 0.00000363. The molecule has 1 aromatic heterocycles. The Morgan fingerprint density at radius 2 is 1.66 bits per heavy atom. The number of halogens is 2. The minimum atomic E-state index is -3.30. The van der Waals surface area contributed by atoms with Gasteiger partial charge in [-0.1, -0.05) is 7.43 Å². The predicted molar refractivity (Wildman–Crippen MR) is 120 cm³/mol. The van der Waals surface area contributed by atoms with E-state index >= 15 is 0 Å². The maximum absolute atomic E-state index is 13.4. The van der Waals surface area contributed by atoms with Crippen LogP contribution in [0.25, 0.3) is 11.4 Å². The van der Waals surface area contributed by atoms with E-state index in [1.165, 1.54) is 21.6 Å². The van der Waals surface area contributed by atoms with Gasteiger partial charge in [-0.15, -0.1) is 0 Å². The molecule has 11 heteroatoms. The number of aromatic nitrogens is 2. The zero-order chi connectivity index (χ0) is 22.8. The number of anilines is 1. The topological polar surface area (TPSA) is 95.5 Å². The van der Waals surface area contributed by atoms with E-state index in [0.717, 1.165) is 18.2 Å². The van der Waals surface area contributed by atoms with E-state index in [-0.39, 0.29) is 30.9 Å². The van der Waals surface area contributed by atoms with Gasteiger partial charge in [0.05, 0.1) is 23.3 Å². The lowest BCUT2D eigenvalue weighted by molar-refractivity contribution is 0.173. The molecular formula is C21H29F2N5O3S. The quantitative estimate of drug-likeness (QED) is 0.720. The van der Waals surface area contributed by atoms with Crippen LogP contribution in [0, 0.1) is 11.6 Å². The molecule has 3 rings (SSSR count). The lowest BCUT2D eigenvalue weighted by atomic mass is 10.1. The first-order valence-corrected chi connectivity index (χ1v) is 11.4. The molecule has 0 unspecified atom stereocenters. The summed E-state index contributed by atoms with van der Waals surface area (Å²) in [5, 5.41) is 2.21. The fourth-order valence-electron chi connectivity index (χ4n) is 3.38. The highest BCUT2D eigenvalue weighted by Gasteiger charge is 2.32. The molecular weight excluding hydrogens is 440 g/mol. The normalized spacial score (nSPS) is 15.3. The molecule has 0 spiro atoms. The first kappa shape index (κ1) is 25.6. The second-order valence-corrected chi connectivity index (χ2v) is 10.2. The van der Waals surface area contributed by atoms with Crippen LogP contribution in [0.2, 0.25) is 0 Å². The van der Waals surface area contributed by atoms with Crippen molar-refractivity contribution >= 4 is 21.7 Å². The number of nitrogens with one attached hydrogen (secondary N) is 1. The standard InChI is InChI=1S/C20H25F2N5O3S.CH4/c1-13(2)31(29,30)27-6-4-18(5-7-27)26(3)20(28)25-17-11-23-19(24-12-17)14-8-15(21)10-16(22)9-14;/h8-13,18H,4-7H2,1-3H3,(H,25,28);1H4. The largest absolute Gasteiger partial charge is 0.325 e. The Morgan fingerprint density at radius 1 is 1.12 bits per heavy atom. The fraction of sp³-hybridized carbons (Fsp3) is 0.476. The summed E-state index contributed by atoms with van der Waals surface area (Å²) in [7, 11) is -1.65. The maximum Gasteiger partial charge on any atom is 0.321 e. The smallest absolute Gasteiger partial charge is 0.321 e. The highest BCUT2D eigenvalue weighted by Crippen LogP contribution is 2.22. The minimum absolute atomic E-state index is 0. The number of urea groups is 1. The molecule has 1 aliphatic rings. The molecule has 176 valence electrons. The predicted octanol–water partition coefficient (Wildman–Crippen LogP) is 3.72. The van der Waals surface area contributed by atoms with Crippen LogP contribution in [0.15, 0.2) is 30.6 Å². The average Bonchev–Trinajstić information content (AvgIpc) is 2.73. The number of carbonyl (C=O) groups excluding carboxylic acids is 1. The highest BCUT2D eigenvalue weighted by molar-refractivity contribution is 7.89. The molecule has 0 aliphatic carbocycles. The summed E-state index contributed by atoms with van der Waals surface area (Å²) in [4.78, 5) is 22.2. The molecule has 0 radical (unpaired) electrons. The van der Waals surface area contributed by atoms with Crippen LogP contribution in [-0.4, -0.2) is 65.1 Å². The zero-order valence-electron chi connectivity index (χ0n) is 17.5. The summed E-state index contributed by atoms with van der Waals surface area (Å²) in [5.41, 5.74) is 0.521. The van der Waals surface area contributed by atoms with Gasteiger partial charge in [-0.05, 0) is 38.8 Å². The molecule has 0 atom stereocenters. The third kappa shape index (κ3) is 5.77. The number of amides is 2. The van der Waals surface area contributed by atoms with E-state index in [2.05, 4.69) is 15.3 Å². The molecule has 8 nitrogen and oxygen atoms in total. The fourth-order valence-corrected chi connectivity index (χ4v) is 4.70. The molecule has 0 bridgehead atoms. The second-order valence-electron chi connectivity index (χ2n) is 7.72. The van der Waals surface area contributed by atoms with Crippen LogP contribution in [0.4, 0.5) is 19.3 Å². The Morgan fingerprint density at radius 3 is 2.16 bits per heavy atom. The third-order valence-corrected chi connectivity index (χ3v) is 7.55. The summed E-state index contributed by atoms with van der Waals surface area (Å²) in [5.74, 6) is -1.34. The van der Waals surface area contributed by atoms with Gasteiger partial charge in [0, 0.05) is 37.8 Å². The lowest BCUT2D eigenvalue weighted by Gasteiger charge is -2.36. The van der Waals surface area contributed by atoms with Crippen LogP contribution in [0.3, 0.4) is 0 Å². The summed E-state index contributed by atoms with van der Waals surface area (Å²) in [6, 6.07) is 2.52. The van der Waals surface area contributed by atoms with Crippen molar-refractivity contribution in [2.24, 2.45) is 0 Å². The lowest BCUT2D eigenvalue weighted by Crippen LogP contribution is -2.49. The van der Waals surface area contributed by atoms with E-state index in [0.29, 0.717) is 31.6 Å². The number of carbonyl (C=O) groups is 1. The van der Waals surface area contributed by atoms with E-state index in [1.807, 2.05) is 0 Å². The molecule has 1 fully saturated rings. The van der Waals surface area contributed by atoms with Crippen LogP contribution in [0.1, 0.15) is 34.1 Å². The molecule has 1 aromatic carbocycles. The zero-order valence-corrected chi connectivity index (χ0v) is 18.4. The van der Waals surface area contributed by atoms with Gasteiger partial charge >= 0.3 is 6.03 Å². The number of rotatable bonds is 5. The number of nitrogens with zero attached hydrogens (tertiary/aromatic N) is 4. The minimum Gasteiger partial charge on any atom is -0.325 e. The maximum atomic E-state index is 13.4. The van der Waals surface area contributed by atoms with Crippen molar-refractivity contribution in [1.82, 2.24) is 19.2 Å². The highest BCUT2D eigenvalue weighted by atomic mass is 32.2. The van der Waals surface area contributed by atoms with Gasteiger partial charge in [-0.25, -0.2) is 36.3 Å². The molecule has 1 N–H and O–H groups in total. The van der Waals surface area contributed by atoms with E-state index in [9.17, 15) is 22.0 Å². The van der Waals surface area contributed by atoms with Crippen LogP contribution >= 0.6 is 0 Å². The molecule has 2 aromatic rings. The van der Waals surface area contributed by atoms with Crippen LogP contribution in [-0.2, 0) is 10.0 Å². The number of hydrogen-bond acceptors (Lipinski definition) is 5.